The summed E-state index contributed by atoms with van der Waals surface area (Å²) >= 11 is 0. The number of ether oxygens (including phenoxy) is 1. The Labute approximate surface area is 142 Å². The van der Waals surface area contributed by atoms with Crippen molar-refractivity contribution >= 4 is 16.8 Å². The third kappa shape index (κ3) is 3.00. The van der Waals surface area contributed by atoms with Gasteiger partial charge in [-0.15, -0.1) is 0 Å². The van der Waals surface area contributed by atoms with Gasteiger partial charge in [0.1, 0.15) is 11.4 Å². The van der Waals surface area contributed by atoms with Crippen LogP contribution in [-0.2, 0) is 21.5 Å². The highest BCUT2D eigenvalue weighted by Crippen LogP contribution is 2.30. The average molecular weight is 344 g/mol. The van der Waals surface area contributed by atoms with Gasteiger partial charge in [-0.25, -0.2) is 4.39 Å². The molecule has 0 spiro atoms. The van der Waals surface area contributed by atoms with Crippen LogP contribution in [0.2, 0.25) is 0 Å². The first-order valence-electron chi connectivity index (χ1n) is 8.07. The number of halogens is 1. The molecule has 0 bridgehead atoms. The number of aromatic nitrogens is 3. The molecule has 0 aliphatic carbocycles. The highest BCUT2D eigenvalue weighted by atomic mass is 19.1. The van der Waals surface area contributed by atoms with E-state index in [-0.39, 0.29) is 18.1 Å². The van der Waals surface area contributed by atoms with Gasteiger partial charge in [0, 0.05) is 43.2 Å². The minimum Gasteiger partial charge on any atom is -0.381 e. The van der Waals surface area contributed by atoms with Crippen LogP contribution in [-0.4, -0.2) is 34.2 Å². The van der Waals surface area contributed by atoms with E-state index in [2.05, 4.69) is 20.4 Å². The predicted octanol–water partition coefficient (Wildman–Crippen LogP) is 2.05. The molecule has 0 saturated carbocycles. The molecule has 3 aromatic rings. The standard InChI is InChI=1S/C17H17FN4O3/c18-12-1-2-14-13(8-12)11(9-19-14)7-15(23)21-17(3-5-24-6-4-17)16-20-10-25-22-16/h1-2,8-10,19H,3-7H2,(H,21,23). The number of benzene rings is 1. The normalized spacial score (nSPS) is 16.8. The monoisotopic (exact) mass is 344 g/mol. The molecular weight excluding hydrogens is 327 g/mol. The number of carbonyl (C=O) groups is 1. The van der Waals surface area contributed by atoms with Crippen molar-refractivity contribution in [2.24, 2.45) is 0 Å². The van der Waals surface area contributed by atoms with Crippen molar-refractivity contribution < 1.29 is 18.4 Å². The van der Waals surface area contributed by atoms with E-state index in [1.807, 2.05) is 0 Å². The molecule has 0 atom stereocenters. The summed E-state index contributed by atoms with van der Waals surface area (Å²) in [4.78, 5) is 19.8. The molecule has 0 unspecified atom stereocenters. The van der Waals surface area contributed by atoms with Crippen molar-refractivity contribution in [3.63, 3.8) is 0 Å². The average Bonchev–Trinajstić information content (AvgIpc) is 3.26. The minimum atomic E-state index is -0.695. The molecule has 4 rings (SSSR count). The summed E-state index contributed by atoms with van der Waals surface area (Å²) < 4.78 is 23.7. The van der Waals surface area contributed by atoms with Gasteiger partial charge in [-0.2, -0.15) is 4.98 Å². The summed E-state index contributed by atoms with van der Waals surface area (Å²) in [7, 11) is 0. The number of nitrogens with zero attached hydrogens (tertiary/aromatic N) is 2. The minimum absolute atomic E-state index is 0.129. The molecule has 1 amide bonds. The van der Waals surface area contributed by atoms with Gasteiger partial charge >= 0.3 is 0 Å². The van der Waals surface area contributed by atoms with Crippen molar-refractivity contribution in [3.05, 3.63) is 48.0 Å². The van der Waals surface area contributed by atoms with Crippen molar-refractivity contribution in [3.8, 4) is 0 Å². The molecule has 1 aliphatic heterocycles. The molecule has 0 radical (unpaired) electrons. The Morgan fingerprint density at radius 1 is 1.36 bits per heavy atom. The van der Waals surface area contributed by atoms with Crippen LogP contribution < -0.4 is 5.32 Å². The van der Waals surface area contributed by atoms with E-state index >= 15 is 0 Å². The van der Waals surface area contributed by atoms with Crippen LogP contribution >= 0.6 is 0 Å². The van der Waals surface area contributed by atoms with Crippen LogP contribution in [0.25, 0.3) is 10.9 Å². The molecule has 25 heavy (non-hydrogen) atoms. The third-order valence-corrected chi connectivity index (χ3v) is 4.59. The van der Waals surface area contributed by atoms with Crippen LogP contribution in [0.3, 0.4) is 0 Å². The quantitative estimate of drug-likeness (QED) is 0.756. The molecule has 2 N–H and O–H groups in total. The van der Waals surface area contributed by atoms with E-state index in [4.69, 9.17) is 9.26 Å². The zero-order valence-corrected chi connectivity index (χ0v) is 13.4. The molecular formula is C17H17FN4O3. The van der Waals surface area contributed by atoms with E-state index in [0.29, 0.717) is 37.3 Å². The van der Waals surface area contributed by atoms with Crippen molar-refractivity contribution in [1.29, 1.82) is 0 Å². The van der Waals surface area contributed by atoms with E-state index < -0.39 is 5.54 Å². The fraction of sp³-hybridized carbons (Fsp3) is 0.353. The number of hydrogen-bond donors (Lipinski definition) is 2. The summed E-state index contributed by atoms with van der Waals surface area (Å²) in [6.45, 7) is 1.01. The lowest BCUT2D eigenvalue weighted by Crippen LogP contribution is -2.50. The van der Waals surface area contributed by atoms with E-state index in [0.717, 1.165) is 11.1 Å². The zero-order chi connectivity index (χ0) is 17.3. The largest absolute Gasteiger partial charge is 0.381 e. The maximum atomic E-state index is 13.5. The van der Waals surface area contributed by atoms with E-state index in [1.54, 1.807) is 12.3 Å². The van der Waals surface area contributed by atoms with Gasteiger partial charge in [-0.3, -0.25) is 4.79 Å². The van der Waals surface area contributed by atoms with Crippen LogP contribution in [0.4, 0.5) is 4.39 Å². The first-order valence-corrected chi connectivity index (χ1v) is 8.07. The van der Waals surface area contributed by atoms with Gasteiger partial charge in [0.25, 0.3) is 0 Å². The Hall–Kier alpha value is -2.74. The molecule has 1 fully saturated rings. The summed E-state index contributed by atoms with van der Waals surface area (Å²) in [5.74, 6) is -0.0626. The number of fused-ring (bicyclic) bond motifs is 1. The summed E-state index contributed by atoms with van der Waals surface area (Å²) in [6.07, 6.45) is 4.25. The predicted molar refractivity (Wildman–Crippen MR) is 86.1 cm³/mol. The molecule has 1 aliphatic rings. The SMILES string of the molecule is O=C(Cc1c[nH]c2ccc(F)cc12)NC1(c2ncon2)CCOCC1. The maximum Gasteiger partial charge on any atom is 0.225 e. The number of H-pyrrole nitrogens is 1. The summed E-state index contributed by atoms with van der Waals surface area (Å²) in [5.41, 5.74) is 0.838. The van der Waals surface area contributed by atoms with E-state index in [1.165, 1.54) is 18.5 Å². The number of amides is 1. The van der Waals surface area contributed by atoms with E-state index in [9.17, 15) is 9.18 Å². The molecule has 1 aromatic carbocycles. The van der Waals surface area contributed by atoms with Gasteiger partial charge in [-0.05, 0) is 23.8 Å². The van der Waals surface area contributed by atoms with Crippen LogP contribution in [0.15, 0.2) is 35.3 Å². The van der Waals surface area contributed by atoms with Gasteiger partial charge in [0.05, 0.1) is 6.42 Å². The number of carbonyl (C=O) groups excluding carboxylic acids is 1. The number of hydrogen-bond acceptors (Lipinski definition) is 5. The summed E-state index contributed by atoms with van der Waals surface area (Å²) in [6, 6.07) is 4.47. The highest BCUT2D eigenvalue weighted by Gasteiger charge is 2.39. The third-order valence-electron chi connectivity index (χ3n) is 4.59. The fourth-order valence-electron chi connectivity index (χ4n) is 3.29. The molecule has 7 nitrogen and oxygen atoms in total. The second-order valence-electron chi connectivity index (χ2n) is 6.18. The molecule has 2 aromatic heterocycles. The lowest BCUT2D eigenvalue weighted by atomic mass is 9.88. The zero-order valence-electron chi connectivity index (χ0n) is 13.4. The fourth-order valence-corrected chi connectivity index (χ4v) is 3.29. The second-order valence-corrected chi connectivity index (χ2v) is 6.18. The molecule has 1 saturated heterocycles. The maximum absolute atomic E-state index is 13.5. The van der Waals surface area contributed by atoms with Crippen molar-refractivity contribution in [2.75, 3.05) is 13.2 Å². The van der Waals surface area contributed by atoms with Gasteiger partial charge in [-0.1, -0.05) is 5.16 Å². The first kappa shape index (κ1) is 15.8. The van der Waals surface area contributed by atoms with Gasteiger partial charge in [0.2, 0.25) is 12.3 Å². The van der Waals surface area contributed by atoms with Gasteiger partial charge < -0.3 is 19.6 Å². The Balaban J connectivity index is 1.56. The lowest BCUT2D eigenvalue weighted by molar-refractivity contribution is -0.124. The molecule has 3 heterocycles. The molecule has 130 valence electrons. The van der Waals surface area contributed by atoms with Crippen molar-refractivity contribution in [2.45, 2.75) is 24.8 Å². The smallest absolute Gasteiger partial charge is 0.225 e. The topological polar surface area (TPSA) is 93.0 Å². The van der Waals surface area contributed by atoms with Crippen LogP contribution in [0.1, 0.15) is 24.2 Å². The Morgan fingerprint density at radius 3 is 2.96 bits per heavy atom. The number of nitrogens with one attached hydrogen (secondary N) is 2. The lowest BCUT2D eigenvalue weighted by Gasteiger charge is -2.35. The van der Waals surface area contributed by atoms with Crippen molar-refractivity contribution in [1.82, 2.24) is 20.4 Å². The number of rotatable bonds is 4. The second kappa shape index (κ2) is 6.29. The van der Waals surface area contributed by atoms with Crippen LogP contribution in [0, 0.1) is 5.82 Å². The first-order chi connectivity index (χ1) is 12.2. The Bertz CT molecular complexity index is 885. The Morgan fingerprint density at radius 2 is 2.20 bits per heavy atom. The van der Waals surface area contributed by atoms with Crippen LogP contribution in [0.5, 0.6) is 0 Å². The Kier molecular flexibility index (Phi) is 3.96. The summed E-state index contributed by atoms with van der Waals surface area (Å²) in [5, 5.41) is 7.66. The number of aromatic amines is 1. The highest BCUT2D eigenvalue weighted by molar-refractivity contribution is 5.89. The van der Waals surface area contributed by atoms with Gasteiger partial charge in [0.15, 0.2) is 5.82 Å². The molecule has 8 heteroatoms.